The maximum atomic E-state index is 11.5. The van der Waals surface area contributed by atoms with E-state index in [9.17, 15) is 4.21 Å². The molecular formula is C14H26N2OS. The van der Waals surface area contributed by atoms with Crippen LogP contribution in [0.15, 0.2) is 0 Å². The molecule has 0 aromatic heterocycles. The number of hydrogen-bond donors (Lipinski definition) is 1. The van der Waals surface area contributed by atoms with Crippen molar-refractivity contribution in [2.75, 3.05) is 31.1 Å². The van der Waals surface area contributed by atoms with Crippen LogP contribution < -0.4 is 5.32 Å². The predicted molar refractivity (Wildman–Crippen MR) is 76.3 cm³/mol. The highest BCUT2D eigenvalue weighted by Gasteiger charge is 2.38. The maximum Gasteiger partial charge on any atom is 0.0309 e. The smallest absolute Gasteiger partial charge is 0.0309 e. The molecule has 2 heterocycles. The summed E-state index contributed by atoms with van der Waals surface area (Å²) in [6.07, 6.45) is 9.26. The third-order valence-electron chi connectivity index (χ3n) is 5.09. The van der Waals surface area contributed by atoms with Crippen molar-refractivity contribution in [3.05, 3.63) is 0 Å². The van der Waals surface area contributed by atoms with Crippen LogP contribution in [0, 0.1) is 0 Å². The summed E-state index contributed by atoms with van der Waals surface area (Å²) in [7, 11) is -0.521. The summed E-state index contributed by atoms with van der Waals surface area (Å²) >= 11 is 0. The normalized spacial score (nSPS) is 37.8. The van der Waals surface area contributed by atoms with Crippen molar-refractivity contribution < 1.29 is 4.21 Å². The van der Waals surface area contributed by atoms with Gasteiger partial charge in [0.1, 0.15) is 0 Å². The van der Waals surface area contributed by atoms with E-state index in [1.54, 1.807) is 0 Å². The molecule has 4 heteroatoms. The zero-order chi connectivity index (χ0) is 12.4. The van der Waals surface area contributed by atoms with Gasteiger partial charge in [0, 0.05) is 53.5 Å². The van der Waals surface area contributed by atoms with Gasteiger partial charge in [-0.1, -0.05) is 19.3 Å². The lowest BCUT2D eigenvalue weighted by Gasteiger charge is -2.49. The van der Waals surface area contributed by atoms with Crippen LogP contribution in [0.5, 0.6) is 0 Å². The Labute approximate surface area is 113 Å². The summed E-state index contributed by atoms with van der Waals surface area (Å²) in [4.78, 5) is 2.71. The number of piperazine rings is 1. The van der Waals surface area contributed by atoms with E-state index in [1.807, 2.05) is 0 Å². The van der Waals surface area contributed by atoms with E-state index in [2.05, 4.69) is 10.2 Å². The first-order valence-electron chi connectivity index (χ1n) is 7.62. The lowest BCUT2D eigenvalue weighted by atomic mass is 9.79. The van der Waals surface area contributed by atoms with E-state index < -0.39 is 10.8 Å². The lowest BCUT2D eigenvalue weighted by Crippen LogP contribution is -2.63. The Bertz CT molecular complexity index is 299. The average molecular weight is 270 g/mol. The van der Waals surface area contributed by atoms with Gasteiger partial charge in [0.2, 0.25) is 0 Å². The van der Waals surface area contributed by atoms with E-state index in [1.165, 1.54) is 45.2 Å². The monoisotopic (exact) mass is 270 g/mol. The quantitative estimate of drug-likeness (QED) is 0.784. The molecule has 0 unspecified atom stereocenters. The molecule has 3 rings (SSSR count). The maximum absolute atomic E-state index is 11.5. The Balaban J connectivity index is 1.61. The molecule has 1 aliphatic carbocycles. The SMILES string of the molecule is O=S1CCC(N2CCNC3(CCCCC3)C2)CC1. The van der Waals surface area contributed by atoms with E-state index in [-0.39, 0.29) is 0 Å². The number of hydrogen-bond acceptors (Lipinski definition) is 3. The summed E-state index contributed by atoms with van der Waals surface area (Å²) in [6.45, 7) is 3.59. The minimum Gasteiger partial charge on any atom is -0.309 e. The largest absolute Gasteiger partial charge is 0.309 e. The molecule has 0 bridgehead atoms. The fourth-order valence-corrected chi connectivity index (χ4v) is 5.28. The molecule has 0 radical (unpaired) electrons. The summed E-state index contributed by atoms with van der Waals surface area (Å²) in [5, 5.41) is 3.81. The first-order chi connectivity index (χ1) is 8.77. The molecule has 1 spiro atoms. The molecule has 0 amide bonds. The standard InChI is InChI=1S/C14H26N2OS/c17-18-10-4-13(5-11-18)16-9-8-15-14(12-16)6-2-1-3-7-14/h13,15H,1-12H2. The summed E-state index contributed by atoms with van der Waals surface area (Å²) in [6, 6.07) is 0.712. The predicted octanol–water partition coefficient (Wildman–Crippen LogP) is 1.51. The van der Waals surface area contributed by atoms with Gasteiger partial charge in [-0.3, -0.25) is 9.11 Å². The van der Waals surface area contributed by atoms with Crippen LogP contribution in [0.2, 0.25) is 0 Å². The summed E-state index contributed by atoms with van der Waals surface area (Å²) in [5.74, 6) is 1.86. The van der Waals surface area contributed by atoms with Crippen LogP contribution in [-0.4, -0.2) is 51.8 Å². The van der Waals surface area contributed by atoms with E-state index >= 15 is 0 Å². The number of rotatable bonds is 1. The Morgan fingerprint density at radius 1 is 1.11 bits per heavy atom. The molecule has 2 aliphatic heterocycles. The van der Waals surface area contributed by atoms with Crippen molar-refractivity contribution >= 4 is 10.8 Å². The van der Waals surface area contributed by atoms with Gasteiger partial charge >= 0.3 is 0 Å². The molecule has 0 aromatic carbocycles. The van der Waals surface area contributed by atoms with E-state index in [0.29, 0.717) is 11.6 Å². The molecule has 18 heavy (non-hydrogen) atoms. The van der Waals surface area contributed by atoms with Crippen molar-refractivity contribution in [2.24, 2.45) is 0 Å². The van der Waals surface area contributed by atoms with Gasteiger partial charge in [0.25, 0.3) is 0 Å². The van der Waals surface area contributed by atoms with Crippen LogP contribution in [-0.2, 0) is 10.8 Å². The minimum absolute atomic E-state index is 0.424. The first-order valence-corrected chi connectivity index (χ1v) is 9.10. The zero-order valence-electron chi connectivity index (χ0n) is 11.3. The van der Waals surface area contributed by atoms with Crippen LogP contribution in [0.3, 0.4) is 0 Å². The molecule has 104 valence electrons. The van der Waals surface area contributed by atoms with Gasteiger partial charge < -0.3 is 5.32 Å². The second-order valence-corrected chi connectivity index (χ2v) is 8.01. The van der Waals surface area contributed by atoms with Gasteiger partial charge in [-0.15, -0.1) is 0 Å². The molecule has 3 nitrogen and oxygen atoms in total. The highest BCUT2D eigenvalue weighted by atomic mass is 32.2. The molecular weight excluding hydrogens is 244 g/mol. The Hall–Kier alpha value is 0.0700. The Kier molecular flexibility index (Phi) is 4.06. The van der Waals surface area contributed by atoms with Crippen molar-refractivity contribution in [1.29, 1.82) is 0 Å². The number of nitrogens with zero attached hydrogens (tertiary/aromatic N) is 1. The van der Waals surface area contributed by atoms with Crippen molar-refractivity contribution in [3.8, 4) is 0 Å². The van der Waals surface area contributed by atoms with E-state index in [0.717, 1.165) is 30.9 Å². The molecule has 1 saturated carbocycles. The van der Waals surface area contributed by atoms with Crippen LogP contribution in [0.25, 0.3) is 0 Å². The van der Waals surface area contributed by atoms with E-state index in [4.69, 9.17) is 0 Å². The van der Waals surface area contributed by atoms with Crippen LogP contribution in [0.1, 0.15) is 44.9 Å². The molecule has 3 aliphatic rings. The molecule has 0 atom stereocenters. The molecule has 3 fully saturated rings. The lowest BCUT2D eigenvalue weighted by molar-refractivity contribution is 0.0644. The first kappa shape index (κ1) is 13.1. The topological polar surface area (TPSA) is 32.3 Å². The van der Waals surface area contributed by atoms with Gasteiger partial charge in [0.15, 0.2) is 0 Å². The summed E-state index contributed by atoms with van der Waals surface area (Å²) < 4.78 is 11.5. The average Bonchev–Trinajstić information content (AvgIpc) is 2.40. The summed E-state index contributed by atoms with van der Waals surface area (Å²) in [5.41, 5.74) is 0.424. The minimum atomic E-state index is -0.521. The van der Waals surface area contributed by atoms with Gasteiger partial charge in [0.05, 0.1) is 0 Å². The molecule has 2 saturated heterocycles. The number of nitrogens with one attached hydrogen (secondary N) is 1. The van der Waals surface area contributed by atoms with Gasteiger partial charge in [-0.2, -0.15) is 0 Å². The molecule has 0 aromatic rings. The highest BCUT2D eigenvalue weighted by molar-refractivity contribution is 7.85. The van der Waals surface area contributed by atoms with Crippen LogP contribution >= 0.6 is 0 Å². The third-order valence-corrected chi connectivity index (χ3v) is 6.47. The zero-order valence-corrected chi connectivity index (χ0v) is 12.1. The van der Waals surface area contributed by atoms with Crippen molar-refractivity contribution in [3.63, 3.8) is 0 Å². The van der Waals surface area contributed by atoms with Gasteiger partial charge in [-0.25, -0.2) is 0 Å². The Morgan fingerprint density at radius 3 is 2.56 bits per heavy atom. The fourth-order valence-electron chi connectivity index (χ4n) is 4.01. The van der Waals surface area contributed by atoms with Crippen molar-refractivity contribution in [1.82, 2.24) is 10.2 Å². The Morgan fingerprint density at radius 2 is 1.83 bits per heavy atom. The van der Waals surface area contributed by atoms with Gasteiger partial charge in [-0.05, 0) is 25.7 Å². The fraction of sp³-hybridized carbons (Fsp3) is 1.00. The molecule has 1 N–H and O–H groups in total. The third kappa shape index (κ3) is 2.81. The second kappa shape index (κ2) is 5.59. The van der Waals surface area contributed by atoms with Crippen LogP contribution in [0.4, 0.5) is 0 Å². The van der Waals surface area contributed by atoms with Crippen molar-refractivity contribution in [2.45, 2.75) is 56.5 Å². The second-order valence-electron chi connectivity index (χ2n) is 6.32. The highest BCUT2D eigenvalue weighted by Crippen LogP contribution is 2.32.